The molecule has 0 spiro atoms. The molecular formula is C13H10O4S. The zero-order chi connectivity index (χ0) is 13.1. The molecule has 5 heteroatoms. The van der Waals surface area contributed by atoms with Gasteiger partial charge in [0.2, 0.25) is 0 Å². The van der Waals surface area contributed by atoms with Crippen LogP contribution >= 0.6 is 11.8 Å². The van der Waals surface area contributed by atoms with Crippen LogP contribution in [0.5, 0.6) is 11.5 Å². The lowest BCUT2D eigenvalue weighted by Gasteiger charge is -2.05. The number of aromatic carboxylic acids is 1. The van der Waals surface area contributed by atoms with E-state index in [9.17, 15) is 9.90 Å². The van der Waals surface area contributed by atoms with Gasteiger partial charge in [0.05, 0.1) is 10.5 Å². The lowest BCUT2D eigenvalue weighted by atomic mass is 10.2. The average molecular weight is 262 g/mol. The Morgan fingerprint density at radius 2 is 1.67 bits per heavy atom. The van der Waals surface area contributed by atoms with E-state index in [0.717, 1.165) is 4.90 Å². The summed E-state index contributed by atoms with van der Waals surface area (Å²) in [4.78, 5) is 12.1. The highest BCUT2D eigenvalue weighted by atomic mass is 32.2. The zero-order valence-electron chi connectivity index (χ0n) is 9.20. The predicted octanol–water partition coefficient (Wildman–Crippen LogP) is 2.95. The summed E-state index contributed by atoms with van der Waals surface area (Å²) in [5, 5.41) is 27.6. The summed E-state index contributed by atoms with van der Waals surface area (Å²) in [6, 6.07) is 10.7. The quantitative estimate of drug-likeness (QED) is 0.792. The maximum Gasteiger partial charge on any atom is 0.335 e. The number of phenols is 2. The molecule has 4 nitrogen and oxygen atoms in total. The molecule has 0 bridgehead atoms. The second-order valence-corrected chi connectivity index (χ2v) is 4.70. The van der Waals surface area contributed by atoms with Gasteiger partial charge in [0.15, 0.2) is 0 Å². The second kappa shape index (κ2) is 5.01. The van der Waals surface area contributed by atoms with Crippen molar-refractivity contribution in [3.8, 4) is 11.5 Å². The van der Waals surface area contributed by atoms with Gasteiger partial charge in [0.25, 0.3) is 0 Å². The van der Waals surface area contributed by atoms with Crippen LogP contribution in [0, 0.1) is 0 Å². The van der Waals surface area contributed by atoms with Gasteiger partial charge in [0, 0.05) is 4.90 Å². The SMILES string of the molecule is O=C(O)c1ccc(Sc2ccc(O)cc2)c(O)c1. The summed E-state index contributed by atoms with van der Waals surface area (Å²) in [6.07, 6.45) is 0. The van der Waals surface area contributed by atoms with Crippen molar-refractivity contribution in [1.82, 2.24) is 0 Å². The summed E-state index contributed by atoms with van der Waals surface area (Å²) in [6.45, 7) is 0. The lowest BCUT2D eigenvalue weighted by Crippen LogP contribution is -1.95. The average Bonchev–Trinajstić information content (AvgIpc) is 2.34. The molecule has 0 unspecified atom stereocenters. The molecule has 0 fully saturated rings. The molecule has 0 saturated carbocycles. The van der Waals surface area contributed by atoms with Crippen molar-refractivity contribution in [2.45, 2.75) is 9.79 Å². The molecule has 0 aliphatic carbocycles. The Bertz CT molecular complexity index is 578. The minimum absolute atomic E-state index is 0.0440. The maximum absolute atomic E-state index is 10.7. The van der Waals surface area contributed by atoms with Crippen LogP contribution in [0.4, 0.5) is 0 Å². The summed E-state index contributed by atoms with van der Waals surface area (Å²) >= 11 is 1.29. The molecule has 0 aromatic heterocycles. The highest BCUT2D eigenvalue weighted by molar-refractivity contribution is 7.99. The van der Waals surface area contributed by atoms with Crippen molar-refractivity contribution in [1.29, 1.82) is 0 Å². The van der Waals surface area contributed by atoms with Gasteiger partial charge in [-0.1, -0.05) is 11.8 Å². The number of phenolic OH excluding ortho intramolecular Hbond substituents is 2. The van der Waals surface area contributed by atoms with E-state index in [1.807, 2.05) is 0 Å². The van der Waals surface area contributed by atoms with Gasteiger partial charge in [-0.2, -0.15) is 0 Å². The number of aromatic hydroxyl groups is 2. The zero-order valence-corrected chi connectivity index (χ0v) is 10.0. The molecule has 2 rings (SSSR count). The highest BCUT2D eigenvalue weighted by Crippen LogP contribution is 2.35. The molecule has 0 saturated heterocycles. The third kappa shape index (κ3) is 2.75. The number of carboxylic acid groups (broad SMARTS) is 1. The number of hydrogen-bond donors (Lipinski definition) is 3. The van der Waals surface area contributed by atoms with E-state index in [2.05, 4.69) is 0 Å². The molecule has 0 aliphatic rings. The van der Waals surface area contributed by atoms with Gasteiger partial charge in [-0.05, 0) is 42.5 Å². The van der Waals surface area contributed by atoms with Gasteiger partial charge in [-0.25, -0.2) is 4.79 Å². The molecule has 0 atom stereocenters. The van der Waals surface area contributed by atoms with Crippen molar-refractivity contribution >= 4 is 17.7 Å². The molecule has 0 radical (unpaired) electrons. The van der Waals surface area contributed by atoms with Gasteiger partial charge < -0.3 is 15.3 Å². The van der Waals surface area contributed by atoms with Gasteiger partial charge in [-0.3, -0.25) is 0 Å². The number of benzene rings is 2. The van der Waals surface area contributed by atoms with Crippen LogP contribution in [0.25, 0.3) is 0 Å². The Hall–Kier alpha value is -2.14. The molecule has 18 heavy (non-hydrogen) atoms. The van der Waals surface area contributed by atoms with Crippen LogP contribution in [0.3, 0.4) is 0 Å². The molecule has 0 amide bonds. The Morgan fingerprint density at radius 1 is 1.00 bits per heavy atom. The molecule has 3 N–H and O–H groups in total. The van der Waals surface area contributed by atoms with E-state index in [-0.39, 0.29) is 17.1 Å². The largest absolute Gasteiger partial charge is 0.508 e. The fourth-order valence-electron chi connectivity index (χ4n) is 1.38. The second-order valence-electron chi connectivity index (χ2n) is 3.58. The summed E-state index contributed by atoms with van der Waals surface area (Å²) in [5.74, 6) is -0.982. The molecule has 0 aliphatic heterocycles. The van der Waals surface area contributed by atoms with Crippen LogP contribution in [0.2, 0.25) is 0 Å². The highest BCUT2D eigenvalue weighted by Gasteiger charge is 2.08. The fourth-order valence-corrected chi connectivity index (χ4v) is 2.20. The molecule has 2 aromatic carbocycles. The van der Waals surface area contributed by atoms with E-state index >= 15 is 0 Å². The van der Waals surface area contributed by atoms with Crippen LogP contribution < -0.4 is 0 Å². The van der Waals surface area contributed by atoms with Crippen LogP contribution in [-0.2, 0) is 0 Å². The number of hydrogen-bond acceptors (Lipinski definition) is 4. The summed E-state index contributed by atoms with van der Waals surface area (Å²) in [7, 11) is 0. The number of carboxylic acids is 1. The van der Waals surface area contributed by atoms with Crippen LogP contribution in [0.1, 0.15) is 10.4 Å². The minimum Gasteiger partial charge on any atom is -0.508 e. The van der Waals surface area contributed by atoms with Crippen molar-refractivity contribution in [3.63, 3.8) is 0 Å². The first-order valence-electron chi connectivity index (χ1n) is 5.09. The van der Waals surface area contributed by atoms with Crippen molar-refractivity contribution < 1.29 is 20.1 Å². The van der Waals surface area contributed by atoms with E-state index < -0.39 is 5.97 Å². The molecular weight excluding hydrogens is 252 g/mol. The van der Waals surface area contributed by atoms with Crippen LogP contribution in [0.15, 0.2) is 52.3 Å². The van der Waals surface area contributed by atoms with E-state index in [4.69, 9.17) is 10.2 Å². The lowest BCUT2D eigenvalue weighted by molar-refractivity contribution is 0.0696. The number of carbonyl (C=O) groups is 1. The molecule has 92 valence electrons. The Kier molecular flexibility index (Phi) is 3.43. The molecule has 0 heterocycles. The third-order valence-electron chi connectivity index (χ3n) is 2.27. The fraction of sp³-hybridized carbons (Fsp3) is 0. The topological polar surface area (TPSA) is 77.8 Å². The smallest absolute Gasteiger partial charge is 0.335 e. The van der Waals surface area contributed by atoms with Gasteiger partial charge in [-0.15, -0.1) is 0 Å². The Morgan fingerprint density at radius 3 is 2.22 bits per heavy atom. The van der Waals surface area contributed by atoms with Gasteiger partial charge in [0.1, 0.15) is 11.5 Å². The first kappa shape index (κ1) is 12.3. The maximum atomic E-state index is 10.7. The standard InChI is InChI=1S/C13H10O4S/c14-9-2-4-10(5-3-9)18-12-6-1-8(13(16)17)7-11(12)15/h1-7,14-15H,(H,16,17). The van der Waals surface area contributed by atoms with Crippen molar-refractivity contribution in [3.05, 3.63) is 48.0 Å². The van der Waals surface area contributed by atoms with Crippen molar-refractivity contribution in [2.75, 3.05) is 0 Å². The first-order chi connectivity index (χ1) is 8.56. The van der Waals surface area contributed by atoms with E-state index in [1.54, 1.807) is 30.3 Å². The van der Waals surface area contributed by atoms with E-state index in [0.29, 0.717) is 4.90 Å². The third-order valence-corrected chi connectivity index (χ3v) is 3.34. The van der Waals surface area contributed by atoms with E-state index in [1.165, 1.54) is 23.9 Å². The first-order valence-corrected chi connectivity index (χ1v) is 5.91. The predicted molar refractivity (Wildman–Crippen MR) is 67.3 cm³/mol. The molecule has 2 aromatic rings. The minimum atomic E-state index is -1.08. The Balaban J connectivity index is 2.24. The van der Waals surface area contributed by atoms with Crippen LogP contribution in [-0.4, -0.2) is 21.3 Å². The monoisotopic (exact) mass is 262 g/mol. The summed E-state index contributed by atoms with van der Waals surface area (Å²) in [5.41, 5.74) is 0.0440. The summed E-state index contributed by atoms with van der Waals surface area (Å²) < 4.78 is 0. The Labute approximate surface area is 108 Å². The number of rotatable bonds is 3. The van der Waals surface area contributed by atoms with Crippen molar-refractivity contribution in [2.24, 2.45) is 0 Å². The van der Waals surface area contributed by atoms with Gasteiger partial charge >= 0.3 is 5.97 Å². The normalized spacial score (nSPS) is 10.2.